The quantitative estimate of drug-likeness (QED) is 0.676. The second-order valence-corrected chi connectivity index (χ2v) is 12.7. The first-order valence-corrected chi connectivity index (χ1v) is 12.4. The van der Waals surface area contributed by atoms with Gasteiger partial charge in [0.15, 0.2) is 0 Å². The number of benzene rings is 1. The Kier molecular flexibility index (Phi) is 5.63. The summed E-state index contributed by atoms with van der Waals surface area (Å²) in [4.78, 5) is 0.249. The molecule has 26 heavy (non-hydrogen) atoms. The maximum absolute atomic E-state index is 12.8. The molecule has 0 spiro atoms. The molecule has 1 aromatic heterocycles. The second-order valence-electron chi connectivity index (χ2n) is 6.11. The number of hydrogen-bond acceptors (Lipinski definition) is 5. The molecule has 0 bridgehead atoms. The van der Waals surface area contributed by atoms with Crippen molar-refractivity contribution in [2.45, 2.75) is 23.0 Å². The first-order valence-electron chi connectivity index (χ1n) is 7.95. The maximum Gasteiger partial charge on any atom is 0.252 e. The molecule has 3 rings (SSSR count). The van der Waals surface area contributed by atoms with Crippen LogP contribution in [0.5, 0.6) is 0 Å². The highest BCUT2D eigenvalue weighted by molar-refractivity contribution is 9.11. The Balaban J connectivity index is 1.76. The molecule has 10 heteroatoms. The van der Waals surface area contributed by atoms with Gasteiger partial charge in [0.25, 0.3) is 10.0 Å². The molecule has 0 amide bonds. The van der Waals surface area contributed by atoms with Gasteiger partial charge in [-0.05, 0) is 65.2 Å². The lowest BCUT2D eigenvalue weighted by atomic mass is 10.1. The zero-order chi connectivity index (χ0) is 19.1. The van der Waals surface area contributed by atoms with E-state index in [0.29, 0.717) is 0 Å². The van der Waals surface area contributed by atoms with Gasteiger partial charge in [-0.3, -0.25) is 0 Å². The van der Waals surface area contributed by atoms with Gasteiger partial charge in [0.2, 0.25) is 10.0 Å². The van der Waals surface area contributed by atoms with Crippen LogP contribution in [0.15, 0.2) is 43.2 Å². The van der Waals surface area contributed by atoms with E-state index in [1.165, 1.54) is 8.61 Å². The molecule has 1 saturated heterocycles. The van der Waals surface area contributed by atoms with Crippen molar-refractivity contribution in [3.8, 4) is 0 Å². The largest absolute Gasteiger partial charge is 0.252 e. The fourth-order valence-corrected chi connectivity index (χ4v) is 7.83. The molecule has 0 atom stereocenters. The number of hydrogen-bond donors (Lipinski definition) is 0. The third kappa shape index (κ3) is 3.76. The van der Waals surface area contributed by atoms with E-state index in [4.69, 9.17) is 0 Å². The van der Waals surface area contributed by atoms with Crippen LogP contribution in [0, 0.1) is 13.8 Å². The van der Waals surface area contributed by atoms with Crippen molar-refractivity contribution in [1.82, 2.24) is 8.61 Å². The van der Waals surface area contributed by atoms with Crippen molar-refractivity contribution in [2.75, 3.05) is 26.2 Å². The highest BCUT2D eigenvalue weighted by Crippen LogP contribution is 2.29. The van der Waals surface area contributed by atoms with Crippen molar-refractivity contribution in [2.24, 2.45) is 0 Å². The summed E-state index contributed by atoms with van der Waals surface area (Å²) in [6.45, 7) is 4.36. The second kappa shape index (κ2) is 7.33. The van der Waals surface area contributed by atoms with Crippen molar-refractivity contribution in [3.63, 3.8) is 0 Å². The molecule has 1 aliphatic heterocycles. The summed E-state index contributed by atoms with van der Waals surface area (Å²) >= 11 is 4.42. The fraction of sp³-hybridized carbons (Fsp3) is 0.375. The van der Waals surface area contributed by atoms with E-state index in [9.17, 15) is 16.8 Å². The molecule has 1 fully saturated rings. The topological polar surface area (TPSA) is 74.8 Å². The minimum Gasteiger partial charge on any atom is -0.207 e. The fourth-order valence-electron chi connectivity index (χ4n) is 2.74. The SMILES string of the molecule is Cc1ccc(S(=O)(=O)N2CCN(S(=O)(=O)c3ccc(Br)s3)CC2)cc1C. The minimum atomic E-state index is -3.62. The molecule has 0 unspecified atom stereocenters. The third-order valence-corrected chi connectivity index (χ3v) is 10.3. The number of piperazine rings is 1. The zero-order valence-corrected chi connectivity index (χ0v) is 18.4. The van der Waals surface area contributed by atoms with Gasteiger partial charge in [0.05, 0.1) is 8.68 Å². The number of halogens is 1. The minimum absolute atomic E-state index is 0.140. The highest BCUT2D eigenvalue weighted by Gasteiger charge is 2.34. The van der Waals surface area contributed by atoms with Crippen molar-refractivity contribution in [3.05, 3.63) is 45.2 Å². The van der Waals surface area contributed by atoms with E-state index in [1.54, 1.807) is 30.3 Å². The Morgan fingerprint density at radius 3 is 1.92 bits per heavy atom. The van der Waals surface area contributed by atoms with Crippen molar-refractivity contribution in [1.29, 1.82) is 0 Å². The van der Waals surface area contributed by atoms with E-state index >= 15 is 0 Å². The van der Waals surface area contributed by atoms with Crippen LogP contribution in [-0.4, -0.2) is 51.6 Å². The first kappa shape index (κ1) is 20.0. The van der Waals surface area contributed by atoms with Gasteiger partial charge < -0.3 is 0 Å². The highest BCUT2D eigenvalue weighted by atomic mass is 79.9. The van der Waals surface area contributed by atoms with Crippen LogP contribution in [0.2, 0.25) is 0 Å². The molecular formula is C16H19BrN2O4S3. The van der Waals surface area contributed by atoms with Gasteiger partial charge in [-0.25, -0.2) is 16.8 Å². The van der Waals surface area contributed by atoms with Crippen LogP contribution in [0.1, 0.15) is 11.1 Å². The van der Waals surface area contributed by atoms with Crippen molar-refractivity contribution >= 4 is 47.3 Å². The van der Waals surface area contributed by atoms with Crippen molar-refractivity contribution < 1.29 is 16.8 Å². The molecule has 0 saturated carbocycles. The van der Waals surface area contributed by atoms with Gasteiger partial charge in [-0.1, -0.05) is 6.07 Å². The summed E-state index contributed by atoms with van der Waals surface area (Å²) < 4.78 is 54.7. The number of aryl methyl sites for hydroxylation is 2. The molecule has 1 aliphatic rings. The van der Waals surface area contributed by atoms with Gasteiger partial charge in [-0.15, -0.1) is 11.3 Å². The van der Waals surface area contributed by atoms with Crippen LogP contribution < -0.4 is 0 Å². The third-order valence-electron chi connectivity index (χ3n) is 4.46. The predicted molar refractivity (Wildman–Crippen MR) is 105 cm³/mol. The average Bonchev–Trinajstić information content (AvgIpc) is 3.04. The molecule has 1 aromatic carbocycles. The van der Waals surface area contributed by atoms with Gasteiger partial charge in [0, 0.05) is 26.2 Å². The van der Waals surface area contributed by atoms with Crippen LogP contribution >= 0.6 is 27.3 Å². The average molecular weight is 479 g/mol. The Hall–Kier alpha value is -0.780. The zero-order valence-electron chi connectivity index (χ0n) is 14.3. The molecule has 0 radical (unpaired) electrons. The summed E-state index contributed by atoms with van der Waals surface area (Å²) in [6, 6.07) is 8.30. The van der Waals surface area contributed by atoms with E-state index in [2.05, 4.69) is 15.9 Å². The Morgan fingerprint density at radius 2 is 1.42 bits per heavy atom. The lowest BCUT2D eigenvalue weighted by Crippen LogP contribution is -2.50. The van der Waals surface area contributed by atoms with Crippen LogP contribution in [0.4, 0.5) is 0 Å². The molecule has 142 valence electrons. The molecule has 0 N–H and O–H groups in total. The normalized spacial score (nSPS) is 17.5. The first-order chi connectivity index (χ1) is 12.1. The summed E-state index contributed by atoms with van der Waals surface area (Å²) in [7, 11) is -7.21. The standard InChI is InChI=1S/C16H19BrN2O4S3/c1-12-3-4-14(11-13(12)2)25(20,21)18-7-9-19(10-8-18)26(22,23)16-6-5-15(17)24-16/h3-6,11H,7-10H2,1-2H3. The van der Waals surface area contributed by atoms with Gasteiger partial charge >= 0.3 is 0 Å². The summed E-state index contributed by atoms with van der Waals surface area (Å²) in [5.74, 6) is 0. The monoisotopic (exact) mass is 478 g/mol. The Labute approximate surface area is 166 Å². The molecule has 2 aromatic rings. The number of nitrogens with zero attached hydrogens (tertiary/aromatic N) is 2. The molecule has 2 heterocycles. The molecule has 6 nitrogen and oxygen atoms in total. The van der Waals surface area contributed by atoms with E-state index in [1.807, 2.05) is 13.8 Å². The lowest BCUT2D eigenvalue weighted by molar-refractivity contribution is 0.273. The lowest BCUT2D eigenvalue weighted by Gasteiger charge is -2.33. The Bertz CT molecular complexity index is 1020. The maximum atomic E-state index is 12.8. The molecule has 0 aliphatic carbocycles. The van der Waals surface area contributed by atoms with Gasteiger partial charge in [0.1, 0.15) is 4.21 Å². The number of thiophene rings is 1. The predicted octanol–water partition coefficient (Wildman–Crippen LogP) is 2.82. The number of rotatable bonds is 4. The summed E-state index contributed by atoms with van der Waals surface area (Å²) in [6.07, 6.45) is 0. The Morgan fingerprint density at radius 1 is 0.846 bits per heavy atom. The van der Waals surface area contributed by atoms with Crippen LogP contribution in [0.25, 0.3) is 0 Å². The summed E-state index contributed by atoms with van der Waals surface area (Å²) in [5.41, 5.74) is 1.94. The van der Waals surface area contributed by atoms with Crippen LogP contribution in [-0.2, 0) is 20.0 Å². The summed E-state index contributed by atoms with van der Waals surface area (Å²) in [5, 5.41) is 0. The van der Waals surface area contributed by atoms with E-state index < -0.39 is 20.0 Å². The smallest absolute Gasteiger partial charge is 0.207 e. The van der Waals surface area contributed by atoms with E-state index in [-0.39, 0.29) is 35.3 Å². The number of sulfonamides is 2. The molecular weight excluding hydrogens is 460 g/mol. The van der Waals surface area contributed by atoms with Gasteiger partial charge in [-0.2, -0.15) is 8.61 Å². The van der Waals surface area contributed by atoms with E-state index in [0.717, 1.165) is 26.3 Å². The van der Waals surface area contributed by atoms with Crippen LogP contribution in [0.3, 0.4) is 0 Å².